The molecule has 0 aromatic carbocycles. The molecule has 4 rings (SSSR count). The lowest BCUT2D eigenvalue weighted by atomic mass is 9.44. The first-order valence-electron chi connectivity index (χ1n) is 9.24. The first-order chi connectivity index (χ1) is 10.4. The fourth-order valence-electron chi connectivity index (χ4n) is 7.14. The van der Waals surface area contributed by atoms with Gasteiger partial charge in [-0.2, -0.15) is 0 Å². The minimum absolute atomic E-state index is 0.0890. The number of aliphatic hydroxyl groups excluding tert-OH is 2. The molecule has 0 spiro atoms. The Bertz CT molecular complexity index is 489. The predicted octanol–water partition coefficient (Wildman–Crippen LogP) is 2.93. The zero-order chi connectivity index (χ0) is 15.7. The fourth-order valence-corrected chi connectivity index (χ4v) is 7.14. The topological polar surface area (TPSA) is 57.5 Å². The molecule has 2 N–H and O–H groups in total. The number of rotatable bonds is 0. The monoisotopic (exact) mass is 306 g/mol. The highest BCUT2D eigenvalue weighted by atomic mass is 16.3. The van der Waals surface area contributed by atoms with E-state index in [1.165, 1.54) is 0 Å². The Morgan fingerprint density at radius 1 is 1.05 bits per heavy atom. The fraction of sp³-hybridized carbons (Fsp3) is 0.947. The van der Waals surface area contributed by atoms with Gasteiger partial charge in [0, 0.05) is 12.8 Å². The van der Waals surface area contributed by atoms with Gasteiger partial charge >= 0.3 is 0 Å². The Labute approximate surface area is 133 Å². The van der Waals surface area contributed by atoms with E-state index in [-0.39, 0.29) is 23.0 Å². The van der Waals surface area contributed by atoms with Crippen molar-refractivity contribution in [2.45, 2.75) is 77.4 Å². The quantitative estimate of drug-likeness (QED) is 0.723. The van der Waals surface area contributed by atoms with Gasteiger partial charge in [0.05, 0.1) is 12.2 Å². The Morgan fingerprint density at radius 3 is 2.59 bits per heavy atom. The van der Waals surface area contributed by atoms with Crippen LogP contribution in [0.2, 0.25) is 0 Å². The van der Waals surface area contributed by atoms with Crippen LogP contribution in [0.4, 0.5) is 0 Å². The maximum Gasteiger partial charge on any atom is 0.133 e. The molecule has 4 aliphatic carbocycles. The van der Waals surface area contributed by atoms with Gasteiger partial charge in [-0.3, -0.25) is 4.79 Å². The van der Waals surface area contributed by atoms with E-state index in [2.05, 4.69) is 13.8 Å². The van der Waals surface area contributed by atoms with Crippen LogP contribution in [0.25, 0.3) is 0 Å². The molecule has 0 aliphatic heterocycles. The van der Waals surface area contributed by atoms with Crippen molar-refractivity contribution in [3.63, 3.8) is 0 Å². The highest BCUT2D eigenvalue weighted by Gasteiger charge is 2.62. The van der Waals surface area contributed by atoms with Crippen molar-refractivity contribution >= 4 is 5.78 Å². The highest BCUT2D eigenvalue weighted by Crippen LogP contribution is 2.65. The van der Waals surface area contributed by atoms with Crippen LogP contribution < -0.4 is 0 Å². The lowest BCUT2D eigenvalue weighted by Gasteiger charge is -2.61. The lowest BCUT2D eigenvalue weighted by molar-refractivity contribution is -0.177. The molecule has 0 aromatic heterocycles. The number of aliphatic hydroxyl groups is 2. The zero-order valence-electron chi connectivity index (χ0n) is 13.9. The summed E-state index contributed by atoms with van der Waals surface area (Å²) in [6.45, 7) is 4.55. The van der Waals surface area contributed by atoms with E-state index < -0.39 is 0 Å². The van der Waals surface area contributed by atoms with Crippen LogP contribution in [0.3, 0.4) is 0 Å². The standard InChI is InChI=1S/C19H30O3/c1-18-8-7-12(20)9-11(18)3-4-13-14-5-6-16(22)19(14,2)10-15(21)17(13)18/h11,13-17,21-22H,3-10H2,1-2H3/t11?,13-,14-,15?,16?,17+,18-,19-/m0/s1. The first-order valence-corrected chi connectivity index (χ1v) is 9.24. The first kappa shape index (κ1) is 15.1. The normalized spacial score (nSPS) is 57.9. The van der Waals surface area contributed by atoms with Crippen LogP contribution in [-0.2, 0) is 4.79 Å². The molecule has 8 atom stereocenters. The summed E-state index contributed by atoms with van der Waals surface area (Å²) in [5.41, 5.74) is 0.0411. The third-order valence-corrected chi connectivity index (χ3v) is 8.36. The van der Waals surface area contributed by atoms with Crippen LogP contribution in [-0.4, -0.2) is 28.2 Å². The summed E-state index contributed by atoms with van der Waals surface area (Å²) < 4.78 is 0. The Kier molecular flexibility index (Phi) is 3.30. The summed E-state index contributed by atoms with van der Waals surface area (Å²) in [4.78, 5) is 11.9. The third-order valence-electron chi connectivity index (χ3n) is 8.36. The molecule has 4 fully saturated rings. The van der Waals surface area contributed by atoms with Gasteiger partial charge in [-0.25, -0.2) is 0 Å². The lowest BCUT2D eigenvalue weighted by Crippen LogP contribution is -2.59. The molecule has 3 nitrogen and oxygen atoms in total. The average Bonchev–Trinajstić information content (AvgIpc) is 2.75. The van der Waals surface area contributed by atoms with Crippen molar-refractivity contribution in [2.24, 2.45) is 34.5 Å². The SMILES string of the molecule is C[C@]12CCC(=O)CC1CC[C@@H]1[C@@H]2C(O)C[C@]2(C)C(O)CC[C@@H]12. The number of hydrogen-bond acceptors (Lipinski definition) is 3. The molecular weight excluding hydrogens is 276 g/mol. The molecule has 0 aromatic rings. The molecule has 0 amide bonds. The Hall–Kier alpha value is -0.410. The minimum atomic E-state index is -0.306. The molecule has 4 aliphatic rings. The van der Waals surface area contributed by atoms with Crippen LogP contribution in [0.1, 0.15) is 65.2 Å². The molecular formula is C19H30O3. The number of hydrogen-bond donors (Lipinski definition) is 2. The van der Waals surface area contributed by atoms with E-state index in [9.17, 15) is 15.0 Å². The van der Waals surface area contributed by atoms with Crippen molar-refractivity contribution in [1.29, 1.82) is 0 Å². The predicted molar refractivity (Wildman–Crippen MR) is 84.1 cm³/mol. The second-order valence-electron chi connectivity index (χ2n) is 9.19. The zero-order valence-corrected chi connectivity index (χ0v) is 13.9. The summed E-state index contributed by atoms with van der Waals surface area (Å²) in [5.74, 6) is 2.34. The van der Waals surface area contributed by atoms with Gasteiger partial charge in [0.25, 0.3) is 0 Å². The van der Waals surface area contributed by atoms with E-state index >= 15 is 0 Å². The number of ketones is 1. The van der Waals surface area contributed by atoms with E-state index in [0.717, 1.165) is 44.9 Å². The molecule has 0 saturated heterocycles. The third kappa shape index (κ3) is 1.84. The van der Waals surface area contributed by atoms with Gasteiger partial charge in [-0.05, 0) is 73.0 Å². The second-order valence-corrected chi connectivity index (χ2v) is 9.19. The Morgan fingerprint density at radius 2 is 1.82 bits per heavy atom. The number of carbonyl (C=O) groups is 1. The maximum absolute atomic E-state index is 11.9. The molecule has 4 saturated carbocycles. The molecule has 0 heterocycles. The van der Waals surface area contributed by atoms with Crippen LogP contribution in [0.15, 0.2) is 0 Å². The molecule has 22 heavy (non-hydrogen) atoms. The molecule has 124 valence electrons. The number of carbonyl (C=O) groups excluding carboxylic acids is 1. The van der Waals surface area contributed by atoms with Crippen LogP contribution >= 0.6 is 0 Å². The van der Waals surface area contributed by atoms with Crippen molar-refractivity contribution in [3.05, 3.63) is 0 Å². The van der Waals surface area contributed by atoms with E-state index in [1.807, 2.05) is 0 Å². The van der Waals surface area contributed by atoms with Crippen LogP contribution in [0, 0.1) is 34.5 Å². The van der Waals surface area contributed by atoms with Crippen LogP contribution in [0.5, 0.6) is 0 Å². The molecule has 3 unspecified atom stereocenters. The minimum Gasteiger partial charge on any atom is -0.393 e. The maximum atomic E-state index is 11.9. The van der Waals surface area contributed by atoms with E-state index in [0.29, 0.717) is 35.9 Å². The van der Waals surface area contributed by atoms with Gasteiger partial charge in [-0.15, -0.1) is 0 Å². The van der Waals surface area contributed by atoms with E-state index in [4.69, 9.17) is 0 Å². The van der Waals surface area contributed by atoms with Gasteiger partial charge < -0.3 is 10.2 Å². The average molecular weight is 306 g/mol. The summed E-state index contributed by atoms with van der Waals surface area (Å²) in [6.07, 6.45) is 6.88. The second kappa shape index (κ2) is 4.80. The van der Waals surface area contributed by atoms with Crippen molar-refractivity contribution < 1.29 is 15.0 Å². The van der Waals surface area contributed by atoms with Crippen molar-refractivity contribution in [3.8, 4) is 0 Å². The van der Waals surface area contributed by atoms with Gasteiger partial charge in [0.15, 0.2) is 0 Å². The van der Waals surface area contributed by atoms with E-state index in [1.54, 1.807) is 0 Å². The Balaban J connectivity index is 1.69. The molecule has 0 bridgehead atoms. The summed E-state index contributed by atoms with van der Waals surface area (Å²) in [5, 5.41) is 21.5. The smallest absolute Gasteiger partial charge is 0.133 e. The highest BCUT2D eigenvalue weighted by molar-refractivity contribution is 5.79. The molecule has 0 radical (unpaired) electrons. The van der Waals surface area contributed by atoms with Gasteiger partial charge in [0.2, 0.25) is 0 Å². The summed E-state index contributed by atoms with van der Waals surface area (Å²) >= 11 is 0. The molecule has 3 heteroatoms. The van der Waals surface area contributed by atoms with Crippen molar-refractivity contribution in [1.82, 2.24) is 0 Å². The summed E-state index contributed by atoms with van der Waals surface area (Å²) in [6, 6.07) is 0. The van der Waals surface area contributed by atoms with Gasteiger partial charge in [0.1, 0.15) is 5.78 Å². The largest absolute Gasteiger partial charge is 0.393 e. The van der Waals surface area contributed by atoms with Gasteiger partial charge in [-0.1, -0.05) is 13.8 Å². The number of fused-ring (bicyclic) bond motifs is 5. The van der Waals surface area contributed by atoms with Crippen molar-refractivity contribution in [2.75, 3.05) is 0 Å². The number of Topliss-reactive ketones (excluding diaryl/α,β-unsaturated/α-hetero) is 1. The summed E-state index contributed by atoms with van der Waals surface area (Å²) in [7, 11) is 0.